The molecule has 3 rings (SSSR count). The van der Waals surface area contributed by atoms with Crippen molar-refractivity contribution in [1.82, 2.24) is 4.98 Å². The normalized spacial score (nSPS) is 11.5. The van der Waals surface area contributed by atoms with E-state index in [4.69, 9.17) is 5.73 Å². The fourth-order valence-corrected chi connectivity index (χ4v) is 2.85. The van der Waals surface area contributed by atoms with Crippen molar-refractivity contribution < 1.29 is 22.7 Å². The minimum atomic E-state index is -4.76. The van der Waals surface area contributed by atoms with Crippen LogP contribution in [0.15, 0.2) is 42.5 Å². The van der Waals surface area contributed by atoms with Crippen molar-refractivity contribution in [2.24, 2.45) is 0 Å². The number of amides is 1. The summed E-state index contributed by atoms with van der Waals surface area (Å²) in [5.41, 5.74) is 6.94. The first kappa shape index (κ1) is 16.1. The zero-order chi connectivity index (χ0) is 17.3. The van der Waals surface area contributed by atoms with Crippen LogP contribution in [0.25, 0.3) is 10.2 Å². The number of hydrogen-bond acceptors (Lipinski definition) is 5. The maximum atomic E-state index is 12.2. The number of alkyl halides is 3. The van der Waals surface area contributed by atoms with Gasteiger partial charge in [-0.05, 0) is 36.4 Å². The number of carbonyl (C=O) groups is 1. The van der Waals surface area contributed by atoms with Gasteiger partial charge in [0.25, 0.3) is 5.91 Å². The molecule has 0 bridgehead atoms. The highest BCUT2D eigenvalue weighted by molar-refractivity contribution is 7.22. The third-order valence-electron chi connectivity index (χ3n) is 2.99. The Hall–Kier alpha value is -2.81. The van der Waals surface area contributed by atoms with Crippen LogP contribution in [0, 0.1) is 0 Å². The maximum Gasteiger partial charge on any atom is 0.573 e. The molecule has 0 radical (unpaired) electrons. The third-order valence-corrected chi connectivity index (χ3v) is 3.92. The molecule has 3 aromatic rings. The van der Waals surface area contributed by atoms with E-state index >= 15 is 0 Å². The van der Waals surface area contributed by atoms with Gasteiger partial charge >= 0.3 is 6.36 Å². The van der Waals surface area contributed by atoms with Crippen LogP contribution in [0.5, 0.6) is 5.75 Å². The molecule has 124 valence electrons. The number of halogens is 3. The Morgan fingerprint density at radius 1 is 1.17 bits per heavy atom. The monoisotopic (exact) mass is 353 g/mol. The topological polar surface area (TPSA) is 77.2 Å². The molecule has 0 aliphatic heterocycles. The minimum absolute atomic E-state index is 0.274. The van der Waals surface area contributed by atoms with Crippen molar-refractivity contribution >= 4 is 38.3 Å². The predicted molar refractivity (Wildman–Crippen MR) is 85.1 cm³/mol. The molecule has 1 amide bonds. The Kier molecular flexibility index (Phi) is 4.02. The van der Waals surface area contributed by atoms with E-state index < -0.39 is 6.36 Å². The Morgan fingerprint density at radius 2 is 1.88 bits per heavy atom. The molecule has 2 aromatic carbocycles. The number of thiazole rings is 1. The fourth-order valence-electron chi connectivity index (χ4n) is 1.96. The van der Waals surface area contributed by atoms with Crippen LogP contribution in [0.4, 0.5) is 24.0 Å². The summed E-state index contributed by atoms with van der Waals surface area (Å²) in [5.74, 6) is -0.726. The van der Waals surface area contributed by atoms with E-state index in [1.807, 2.05) is 0 Å². The first-order valence-electron chi connectivity index (χ1n) is 6.63. The summed E-state index contributed by atoms with van der Waals surface area (Å²) < 4.78 is 41.0. The summed E-state index contributed by atoms with van der Waals surface area (Å²) in [6.45, 7) is 0. The van der Waals surface area contributed by atoms with Crippen LogP contribution in [0.3, 0.4) is 0 Å². The van der Waals surface area contributed by atoms with Crippen molar-refractivity contribution in [2.45, 2.75) is 6.36 Å². The van der Waals surface area contributed by atoms with Crippen molar-refractivity contribution in [2.75, 3.05) is 11.1 Å². The van der Waals surface area contributed by atoms with E-state index in [2.05, 4.69) is 15.0 Å². The average Bonchev–Trinajstić information content (AvgIpc) is 2.87. The lowest BCUT2D eigenvalue weighted by Gasteiger charge is -2.07. The van der Waals surface area contributed by atoms with Gasteiger partial charge in [0, 0.05) is 17.3 Å². The number of hydrogen-bond donors (Lipinski definition) is 2. The SMILES string of the molecule is Nc1ccc(C(=O)Nc2nc3ccc(OC(F)(F)F)cc3s2)cc1. The summed E-state index contributed by atoms with van der Waals surface area (Å²) in [4.78, 5) is 16.3. The number of rotatable bonds is 3. The number of anilines is 2. The molecular weight excluding hydrogens is 343 g/mol. The molecule has 1 aromatic heterocycles. The van der Waals surface area contributed by atoms with Gasteiger partial charge in [-0.15, -0.1) is 13.2 Å². The van der Waals surface area contributed by atoms with Crippen LogP contribution >= 0.6 is 11.3 Å². The van der Waals surface area contributed by atoms with E-state index in [0.717, 1.165) is 11.3 Å². The van der Waals surface area contributed by atoms with E-state index in [-0.39, 0.29) is 16.8 Å². The Labute approximate surface area is 137 Å². The zero-order valence-electron chi connectivity index (χ0n) is 11.9. The quantitative estimate of drug-likeness (QED) is 0.697. The van der Waals surface area contributed by atoms with Gasteiger partial charge in [0.15, 0.2) is 5.13 Å². The lowest BCUT2D eigenvalue weighted by Crippen LogP contribution is -2.16. The predicted octanol–water partition coefficient (Wildman–Crippen LogP) is 4.03. The molecule has 0 aliphatic carbocycles. The van der Waals surface area contributed by atoms with Crippen molar-refractivity contribution in [3.05, 3.63) is 48.0 Å². The Balaban J connectivity index is 1.80. The molecule has 0 saturated heterocycles. The zero-order valence-corrected chi connectivity index (χ0v) is 12.7. The molecule has 0 spiro atoms. The van der Waals surface area contributed by atoms with Crippen molar-refractivity contribution in [3.8, 4) is 5.75 Å². The molecule has 9 heteroatoms. The van der Waals surface area contributed by atoms with Gasteiger partial charge in [0.1, 0.15) is 5.75 Å². The third kappa shape index (κ3) is 3.74. The number of nitrogens with zero attached hydrogens (tertiary/aromatic N) is 1. The molecule has 5 nitrogen and oxygen atoms in total. The van der Waals surface area contributed by atoms with Gasteiger partial charge in [0.05, 0.1) is 10.2 Å². The molecule has 24 heavy (non-hydrogen) atoms. The molecule has 1 heterocycles. The van der Waals surface area contributed by atoms with Crippen LogP contribution in [-0.4, -0.2) is 17.3 Å². The van der Waals surface area contributed by atoms with Gasteiger partial charge in [-0.2, -0.15) is 0 Å². The number of carbonyl (C=O) groups excluding carboxylic acids is 1. The standard InChI is InChI=1S/C15H10F3N3O2S/c16-15(17,18)23-10-5-6-11-12(7-10)24-14(20-11)21-13(22)8-1-3-9(19)4-2-8/h1-7H,19H2,(H,20,21,22). The fraction of sp³-hybridized carbons (Fsp3) is 0.0667. The summed E-state index contributed by atoms with van der Waals surface area (Å²) in [7, 11) is 0. The largest absolute Gasteiger partial charge is 0.573 e. The van der Waals surface area contributed by atoms with Gasteiger partial charge in [0.2, 0.25) is 0 Å². The molecule has 3 N–H and O–H groups in total. The molecule has 0 saturated carbocycles. The number of benzene rings is 2. The van der Waals surface area contributed by atoms with E-state index in [1.165, 1.54) is 18.2 Å². The highest BCUT2D eigenvalue weighted by atomic mass is 32.1. The lowest BCUT2D eigenvalue weighted by molar-refractivity contribution is -0.274. The second-order valence-corrected chi connectivity index (χ2v) is 5.80. The second-order valence-electron chi connectivity index (χ2n) is 4.77. The minimum Gasteiger partial charge on any atom is -0.406 e. The molecule has 0 fully saturated rings. The molecular formula is C15H10F3N3O2S. The summed E-state index contributed by atoms with van der Waals surface area (Å²) >= 11 is 1.05. The first-order chi connectivity index (χ1) is 11.3. The number of nitrogen functional groups attached to an aromatic ring is 1. The van der Waals surface area contributed by atoms with Crippen LogP contribution in [0.1, 0.15) is 10.4 Å². The van der Waals surface area contributed by atoms with Crippen LogP contribution in [-0.2, 0) is 0 Å². The number of aromatic nitrogens is 1. The second kappa shape index (κ2) is 6.00. The number of nitrogens with one attached hydrogen (secondary N) is 1. The molecule has 0 aliphatic rings. The smallest absolute Gasteiger partial charge is 0.406 e. The number of ether oxygens (including phenoxy) is 1. The molecule has 0 atom stereocenters. The highest BCUT2D eigenvalue weighted by Gasteiger charge is 2.31. The Morgan fingerprint density at radius 3 is 2.54 bits per heavy atom. The van der Waals surface area contributed by atoms with Gasteiger partial charge in [-0.3, -0.25) is 10.1 Å². The van der Waals surface area contributed by atoms with Crippen molar-refractivity contribution in [3.63, 3.8) is 0 Å². The summed E-state index contributed by atoms with van der Waals surface area (Å²) in [5, 5.41) is 2.87. The van der Waals surface area contributed by atoms with Gasteiger partial charge in [-0.25, -0.2) is 4.98 Å². The lowest BCUT2D eigenvalue weighted by atomic mass is 10.2. The summed E-state index contributed by atoms with van der Waals surface area (Å²) in [6, 6.07) is 10.1. The highest BCUT2D eigenvalue weighted by Crippen LogP contribution is 2.31. The number of fused-ring (bicyclic) bond motifs is 1. The molecule has 0 unspecified atom stereocenters. The van der Waals surface area contributed by atoms with Crippen molar-refractivity contribution in [1.29, 1.82) is 0 Å². The maximum absolute atomic E-state index is 12.2. The first-order valence-corrected chi connectivity index (χ1v) is 7.45. The van der Waals surface area contributed by atoms with E-state index in [0.29, 0.717) is 21.5 Å². The van der Waals surface area contributed by atoms with Crippen LogP contribution in [0.2, 0.25) is 0 Å². The van der Waals surface area contributed by atoms with Gasteiger partial charge < -0.3 is 10.5 Å². The van der Waals surface area contributed by atoms with Crippen LogP contribution < -0.4 is 15.8 Å². The van der Waals surface area contributed by atoms with Gasteiger partial charge in [-0.1, -0.05) is 11.3 Å². The summed E-state index contributed by atoms with van der Waals surface area (Å²) in [6.07, 6.45) is -4.76. The Bertz CT molecular complexity index is 891. The van der Waals surface area contributed by atoms with E-state index in [1.54, 1.807) is 24.3 Å². The van der Waals surface area contributed by atoms with E-state index in [9.17, 15) is 18.0 Å². The number of nitrogens with two attached hydrogens (primary N) is 1. The average molecular weight is 353 g/mol.